The Morgan fingerprint density at radius 1 is 1.38 bits per heavy atom. The zero-order chi connectivity index (χ0) is 14.7. The number of aryl methyl sites for hydroxylation is 2. The summed E-state index contributed by atoms with van der Waals surface area (Å²) in [5, 5.41) is 0. The standard InChI is InChI=1S/C16H20N4O/c1-3-15-18-12(2)9-16(19-15)20-8-6-14(11-20)21-13-5-4-7-17-10-13/h4-5,7,9-10,14H,3,6,8,11H2,1-2H3. The predicted octanol–water partition coefficient (Wildman–Crippen LogP) is 2.40. The lowest BCUT2D eigenvalue weighted by atomic mass is 10.3. The van der Waals surface area contributed by atoms with Crippen molar-refractivity contribution in [3.05, 3.63) is 42.1 Å². The minimum absolute atomic E-state index is 0.189. The van der Waals surface area contributed by atoms with Gasteiger partial charge in [0.05, 0.1) is 12.7 Å². The van der Waals surface area contributed by atoms with Gasteiger partial charge in [0.15, 0.2) is 0 Å². The molecule has 2 aromatic heterocycles. The highest BCUT2D eigenvalue weighted by molar-refractivity contribution is 5.41. The second-order valence-corrected chi connectivity index (χ2v) is 5.30. The highest BCUT2D eigenvalue weighted by Gasteiger charge is 2.25. The quantitative estimate of drug-likeness (QED) is 0.863. The fourth-order valence-electron chi connectivity index (χ4n) is 2.57. The number of hydrogen-bond donors (Lipinski definition) is 0. The molecule has 3 rings (SSSR count). The SMILES string of the molecule is CCc1nc(C)cc(N2CCC(Oc3cccnc3)C2)n1. The number of nitrogens with zero attached hydrogens (tertiary/aromatic N) is 4. The van der Waals surface area contributed by atoms with E-state index in [4.69, 9.17) is 4.74 Å². The lowest BCUT2D eigenvalue weighted by Gasteiger charge is -2.19. The summed E-state index contributed by atoms with van der Waals surface area (Å²) in [5.41, 5.74) is 1.02. The minimum Gasteiger partial charge on any atom is -0.487 e. The summed E-state index contributed by atoms with van der Waals surface area (Å²) in [5.74, 6) is 2.75. The van der Waals surface area contributed by atoms with Crippen molar-refractivity contribution in [2.45, 2.75) is 32.8 Å². The highest BCUT2D eigenvalue weighted by atomic mass is 16.5. The topological polar surface area (TPSA) is 51.1 Å². The molecule has 5 nitrogen and oxygen atoms in total. The number of ether oxygens (including phenoxy) is 1. The smallest absolute Gasteiger partial charge is 0.138 e. The van der Waals surface area contributed by atoms with Gasteiger partial charge in [-0.2, -0.15) is 0 Å². The molecular formula is C16H20N4O. The molecule has 2 aromatic rings. The molecule has 0 bridgehead atoms. The van der Waals surface area contributed by atoms with Crippen LogP contribution in [0.2, 0.25) is 0 Å². The van der Waals surface area contributed by atoms with Gasteiger partial charge in [-0.1, -0.05) is 6.92 Å². The molecule has 0 saturated carbocycles. The van der Waals surface area contributed by atoms with E-state index in [-0.39, 0.29) is 6.10 Å². The zero-order valence-corrected chi connectivity index (χ0v) is 12.5. The Morgan fingerprint density at radius 2 is 2.29 bits per heavy atom. The van der Waals surface area contributed by atoms with Gasteiger partial charge in [-0.15, -0.1) is 0 Å². The van der Waals surface area contributed by atoms with Gasteiger partial charge in [0.1, 0.15) is 23.5 Å². The van der Waals surface area contributed by atoms with Gasteiger partial charge in [-0.05, 0) is 19.1 Å². The first kappa shape index (κ1) is 13.8. The monoisotopic (exact) mass is 284 g/mol. The third-order valence-corrected chi connectivity index (χ3v) is 3.61. The molecule has 1 atom stereocenters. The summed E-state index contributed by atoms with van der Waals surface area (Å²) in [4.78, 5) is 15.4. The van der Waals surface area contributed by atoms with E-state index in [1.807, 2.05) is 25.1 Å². The van der Waals surface area contributed by atoms with E-state index in [1.165, 1.54) is 0 Å². The summed E-state index contributed by atoms with van der Waals surface area (Å²) in [6.45, 7) is 5.92. The van der Waals surface area contributed by atoms with Crippen molar-refractivity contribution in [3.8, 4) is 5.75 Å². The normalized spacial score (nSPS) is 18.0. The van der Waals surface area contributed by atoms with Crippen LogP contribution < -0.4 is 9.64 Å². The molecule has 0 aliphatic carbocycles. The zero-order valence-electron chi connectivity index (χ0n) is 12.5. The maximum atomic E-state index is 5.97. The molecule has 0 amide bonds. The average Bonchev–Trinajstić information content (AvgIpc) is 2.96. The predicted molar refractivity (Wildman–Crippen MR) is 81.6 cm³/mol. The van der Waals surface area contributed by atoms with Gasteiger partial charge in [-0.3, -0.25) is 4.98 Å². The first-order chi connectivity index (χ1) is 10.2. The van der Waals surface area contributed by atoms with Gasteiger partial charge < -0.3 is 9.64 Å². The molecule has 3 heterocycles. The van der Waals surface area contributed by atoms with Crippen LogP contribution in [0.4, 0.5) is 5.82 Å². The molecular weight excluding hydrogens is 264 g/mol. The third kappa shape index (κ3) is 3.29. The second kappa shape index (κ2) is 6.08. The van der Waals surface area contributed by atoms with E-state index in [0.717, 1.165) is 49.0 Å². The van der Waals surface area contributed by atoms with Crippen molar-refractivity contribution in [3.63, 3.8) is 0 Å². The Bertz CT molecular complexity index is 602. The first-order valence-corrected chi connectivity index (χ1v) is 7.41. The van der Waals surface area contributed by atoms with Crippen molar-refractivity contribution < 1.29 is 4.74 Å². The molecule has 0 radical (unpaired) electrons. The van der Waals surface area contributed by atoms with E-state index < -0.39 is 0 Å². The van der Waals surface area contributed by atoms with Gasteiger partial charge >= 0.3 is 0 Å². The van der Waals surface area contributed by atoms with Crippen molar-refractivity contribution >= 4 is 5.82 Å². The molecule has 1 unspecified atom stereocenters. The molecule has 110 valence electrons. The van der Waals surface area contributed by atoms with Crippen LogP contribution in [0.15, 0.2) is 30.6 Å². The van der Waals surface area contributed by atoms with E-state index >= 15 is 0 Å². The Morgan fingerprint density at radius 3 is 3.05 bits per heavy atom. The van der Waals surface area contributed by atoms with E-state index in [2.05, 4.69) is 26.8 Å². The first-order valence-electron chi connectivity index (χ1n) is 7.41. The molecule has 0 N–H and O–H groups in total. The van der Waals surface area contributed by atoms with Gasteiger partial charge in [0, 0.05) is 37.3 Å². The Labute approximate surface area is 125 Å². The van der Waals surface area contributed by atoms with Crippen LogP contribution in [0.1, 0.15) is 24.9 Å². The van der Waals surface area contributed by atoms with Crippen LogP contribution in [0, 0.1) is 6.92 Å². The van der Waals surface area contributed by atoms with Crippen molar-refractivity contribution in [1.29, 1.82) is 0 Å². The van der Waals surface area contributed by atoms with Crippen LogP contribution >= 0.6 is 0 Å². The molecule has 1 saturated heterocycles. The molecule has 0 spiro atoms. The van der Waals surface area contributed by atoms with Crippen LogP contribution in [-0.2, 0) is 6.42 Å². The molecule has 21 heavy (non-hydrogen) atoms. The lowest BCUT2D eigenvalue weighted by molar-refractivity contribution is 0.224. The Balaban J connectivity index is 1.68. The van der Waals surface area contributed by atoms with Crippen LogP contribution in [0.3, 0.4) is 0 Å². The van der Waals surface area contributed by atoms with Gasteiger partial charge in [0.25, 0.3) is 0 Å². The fraction of sp³-hybridized carbons (Fsp3) is 0.438. The summed E-state index contributed by atoms with van der Waals surface area (Å²) in [6, 6.07) is 5.88. The highest BCUT2D eigenvalue weighted by Crippen LogP contribution is 2.22. The number of anilines is 1. The maximum Gasteiger partial charge on any atom is 0.138 e. The van der Waals surface area contributed by atoms with E-state index in [0.29, 0.717) is 0 Å². The molecule has 1 aliphatic rings. The molecule has 1 aliphatic heterocycles. The van der Waals surface area contributed by atoms with Crippen molar-refractivity contribution in [2.24, 2.45) is 0 Å². The molecule has 5 heteroatoms. The fourth-order valence-corrected chi connectivity index (χ4v) is 2.57. The number of pyridine rings is 1. The molecule has 1 fully saturated rings. The lowest BCUT2D eigenvalue weighted by Crippen LogP contribution is -2.25. The number of hydrogen-bond acceptors (Lipinski definition) is 5. The average molecular weight is 284 g/mol. The van der Waals surface area contributed by atoms with Gasteiger partial charge in [-0.25, -0.2) is 9.97 Å². The van der Waals surface area contributed by atoms with E-state index in [1.54, 1.807) is 12.4 Å². The second-order valence-electron chi connectivity index (χ2n) is 5.30. The van der Waals surface area contributed by atoms with Gasteiger partial charge in [0.2, 0.25) is 0 Å². The van der Waals surface area contributed by atoms with Crippen LogP contribution in [0.25, 0.3) is 0 Å². The minimum atomic E-state index is 0.189. The van der Waals surface area contributed by atoms with Crippen molar-refractivity contribution in [1.82, 2.24) is 15.0 Å². The number of aromatic nitrogens is 3. The number of rotatable bonds is 4. The Hall–Kier alpha value is -2.17. The summed E-state index contributed by atoms with van der Waals surface area (Å²) >= 11 is 0. The third-order valence-electron chi connectivity index (χ3n) is 3.61. The summed E-state index contributed by atoms with van der Waals surface area (Å²) in [6.07, 6.45) is 5.56. The largest absolute Gasteiger partial charge is 0.487 e. The molecule has 0 aromatic carbocycles. The maximum absolute atomic E-state index is 5.97. The Kier molecular flexibility index (Phi) is 3.99. The van der Waals surface area contributed by atoms with Crippen LogP contribution in [0.5, 0.6) is 5.75 Å². The van der Waals surface area contributed by atoms with Crippen molar-refractivity contribution in [2.75, 3.05) is 18.0 Å². The van der Waals surface area contributed by atoms with Crippen LogP contribution in [-0.4, -0.2) is 34.1 Å². The van der Waals surface area contributed by atoms with E-state index in [9.17, 15) is 0 Å². The summed E-state index contributed by atoms with van der Waals surface area (Å²) in [7, 11) is 0. The summed E-state index contributed by atoms with van der Waals surface area (Å²) < 4.78 is 5.97.